The van der Waals surface area contributed by atoms with Gasteiger partial charge in [-0.15, -0.1) is 11.3 Å². The van der Waals surface area contributed by atoms with Gasteiger partial charge in [0.2, 0.25) is 0 Å². The molecule has 23 heavy (non-hydrogen) atoms. The summed E-state index contributed by atoms with van der Waals surface area (Å²) >= 11 is 7.18. The Morgan fingerprint density at radius 3 is 2.87 bits per heavy atom. The summed E-state index contributed by atoms with van der Waals surface area (Å²) in [6, 6.07) is 9.76. The smallest absolute Gasteiger partial charge is 0.347 e. The lowest BCUT2D eigenvalue weighted by Crippen LogP contribution is -2.27. The van der Waals surface area contributed by atoms with Gasteiger partial charge in [0.15, 0.2) is 5.84 Å². The summed E-state index contributed by atoms with van der Waals surface area (Å²) in [6.45, 7) is 0. The number of hydrogen-bond acceptors (Lipinski definition) is 5. The largest absolute Gasteiger partial charge is 0.422 e. The van der Waals surface area contributed by atoms with Crippen LogP contribution in [0.15, 0.2) is 56.1 Å². The number of nitrogens with zero attached hydrogens (tertiary/aromatic N) is 1. The van der Waals surface area contributed by atoms with Crippen LogP contribution in [0.2, 0.25) is 5.02 Å². The number of amidine groups is 1. The van der Waals surface area contributed by atoms with Crippen molar-refractivity contribution in [2.24, 2.45) is 10.8 Å². The molecule has 1 aromatic carbocycles. The van der Waals surface area contributed by atoms with E-state index in [1.165, 1.54) is 17.4 Å². The maximum absolute atomic E-state index is 12.0. The van der Waals surface area contributed by atoms with Crippen molar-refractivity contribution in [1.82, 2.24) is 5.43 Å². The predicted octanol–water partition coefficient (Wildman–Crippen LogP) is 2.56. The van der Waals surface area contributed by atoms with Crippen molar-refractivity contribution in [3.05, 3.63) is 67.7 Å². The molecule has 116 valence electrons. The van der Waals surface area contributed by atoms with Gasteiger partial charge < -0.3 is 10.2 Å². The maximum Gasteiger partial charge on any atom is 0.347 e. The average molecular weight is 348 g/mol. The van der Waals surface area contributed by atoms with E-state index < -0.39 is 11.5 Å². The van der Waals surface area contributed by atoms with Crippen LogP contribution in [-0.2, 0) is 0 Å². The third-order valence-corrected chi connectivity index (χ3v) is 4.10. The van der Waals surface area contributed by atoms with Crippen LogP contribution in [0.5, 0.6) is 0 Å². The summed E-state index contributed by atoms with van der Waals surface area (Å²) in [5.41, 5.74) is 7.86. The van der Waals surface area contributed by atoms with Crippen molar-refractivity contribution in [2.45, 2.75) is 0 Å². The van der Waals surface area contributed by atoms with Crippen LogP contribution in [0.3, 0.4) is 0 Å². The fourth-order valence-corrected chi connectivity index (χ4v) is 2.70. The molecule has 0 saturated heterocycles. The van der Waals surface area contributed by atoms with Gasteiger partial charge in [-0.05, 0) is 35.7 Å². The standard InChI is InChI=1S/C15H10ClN3O3S/c16-9-3-4-11-8(6-9)7-10(15(21)22-11)13(17)18-19-14(20)12-2-1-5-23-12/h1-7H,(H2,17,18)(H,19,20). The summed E-state index contributed by atoms with van der Waals surface area (Å²) in [5.74, 6) is -0.554. The normalized spacial score (nSPS) is 11.6. The number of amides is 1. The third kappa shape index (κ3) is 3.25. The molecule has 6 nitrogen and oxygen atoms in total. The Hall–Kier alpha value is -2.64. The first-order valence-electron chi connectivity index (χ1n) is 6.45. The molecule has 2 heterocycles. The van der Waals surface area contributed by atoms with Gasteiger partial charge in [-0.3, -0.25) is 4.79 Å². The van der Waals surface area contributed by atoms with Gasteiger partial charge in [0.1, 0.15) is 11.1 Å². The number of fused-ring (bicyclic) bond motifs is 1. The minimum atomic E-state index is -0.647. The van der Waals surface area contributed by atoms with Gasteiger partial charge in [0.25, 0.3) is 5.91 Å². The van der Waals surface area contributed by atoms with Crippen LogP contribution < -0.4 is 16.8 Å². The van der Waals surface area contributed by atoms with Crippen molar-refractivity contribution in [2.75, 3.05) is 0 Å². The first-order chi connectivity index (χ1) is 11.0. The van der Waals surface area contributed by atoms with E-state index in [4.69, 9.17) is 21.8 Å². The third-order valence-electron chi connectivity index (χ3n) is 2.99. The zero-order chi connectivity index (χ0) is 16.4. The molecule has 0 saturated carbocycles. The van der Waals surface area contributed by atoms with E-state index in [0.717, 1.165) is 0 Å². The molecule has 0 aliphatic heterocycles. The highest BCUT2D eigenvalue weighted by molar-refractivity contribution is 7.12. The number of carbonyl (C=O) groups is 1. The average Bonchev–Trinajstić information content (AvgIpc) is 3.06. The molecule has 0 bridgehead atoms. The molecule has 1 amide bonds. The number of nitrogens with two attached hydrogens (primary N) is 1. The molecule has 3 aromatic rings. The van der Waals surface area contributed by atoms with Crippen LogP contribution in [0.25, 0.3) is 11.0 Å². The Bertz CT molecular complexity index is 964. The Kier molecular flexibility index (Phi) is 4.14. The molecule has 0 aliphatic rings. The van der Waals surface area contributed by atoms with Gasteiger partial charge >= 0.3 is 5.63 Å². The molecule has 2 aromatic heterocycles. The van der Waals surface area contributed by atoms with Crippen molar-refractivity contribution < 1.29 is 9.21 Å². The second kappa shape index (κ2) is 6.23. The first kappa shape index (κ1) is 15.3. The topological polar surface area (TPSA) is 97.7 Å². The van der Waals surface area contributed by atoms with E-state index in [2.05, 4.69) is 10.5 Å². The van der Waals surface area contributed by atoms with Crippen molar-refractivity contribution in [1.29, 1.82) is 0 Å². The number of rotatable bonds is 3. The fourth-order valence-electron chi connectivity index (χ4n) is 1.91. The minimum absolute atomic E-state index is 0.0475. The van der Waals surface area contributed by atoms with E-state index >= 15 is 0 Å². The summed E-state index contributed by atoms with van der Waals surface area (Å²) in [6.07, 6.45) is 0. The Morgan fingerprint density at radius 1 is 1.30 bits per heavy atom. The molecule has 0 atom stereocenters. The Morgan fingerprint density at radius 2 is 2.13 bits per heavy atom. The molecule has 3 N–H and O–H groups in total. The summed E-state index contributed by atoms with van der Waals surface area (Å²) in [4.78, 5) is 24.2. The number of nitrogens with one attached hydrogen (secondary N) is 1. The quantitative estimate of drug-likeness (QED) is 0.329. The minimum Gasteiger partial charge on any atom is -0.422 e. The first-order valence-corrected chi connectivity index (χ1v) is 7.71. The van der Waals surface area contributed by atoms with Crippen LogP contribution in [0, 0.1) is 0 Å². The zero-order valence-corrected chi connectivity index (χ0v) is 13.1. The van der Waals surface area contributed by atoms with Crippen molar-refractivity contribution in [3.63, 3.8) is 0 Å². The summed E-state index contributed by atoms with van der Waals surface area (Å²) < 4.78 is 5.16. The summed E-state index contributed by atoms with van der Waals surface area (Å²) in [7, 11) is 0. The molecule has 0 fully saturated rings. The second-order valence-electron chi connectivity index (χ2n) is 4.54. The number of hydrogen-bond donors (Lipinski definition) is 2. The second-order valence-corrected chi connectivity index (χ2v) is 5.93. The molecule has 0 aliphatic carbocycles. The molecule has 0 spiro atoms. The van der Waals surface area contributed by atoms with Gasteiger partial charge in [0, 0.05) is 10.4 Å². The zero-order valence-electron chi connectivity index (χ0n) is 11.6. The highest BCUT2D eigenvalue weighted by Gasteiger charge is 2.11. The molecular formula is C15H10ClN3O3S. The maximum atomic E-state index is 12.0. The Balaban J connectivity index is 1.92. The summed E-state index contributed by atoms with van der Waals surface area (Å²) in [5, 5.41) is 6.62. The molecule has 8 heteroatoms. The molecular weight excluding hydrogens is 338 g/mol. The van der Waals surface area contributed by atoms with E-state index in [9.17, 15) is 9.59 Å². The lowest BCUT2D eigenvalue weighted by Gasteiger charge is -2.03. The van der Waals surface area contributed by atoms with Gasteiger partial charge in [-0.1, -0.05) is 17.7 Å². The van der Waals surface area contributed by atoms with Gasteiger partial charge in [-0.25, -0.2) is 10.2 Å². The van der Waals surface area contributed by atoms with Crippen LogP contribution in [-0.4, -0.2) is 11.7 Å². The lowest BCUT2D eigenvalue weighted by atomic mass is 10.2. The van der Waals surface area contributed by atoms with Gasteiger partial charge in [0.05, 0.1) is 4.88 Å². The van der Waals surface area contributed by atoms with E-state index in [-0.39, 0.29) is 11.4 Å². The van der Waals surface area contributed by atoms with Crippen molar-refractivity contribution in [3.8, 4) is 0 Å². The van der Waals surface area contributed by atoms with Crippen LogP contribution in [0.1, 0.15) is 15.2 Å². The van der Waals surface area contributed by atoms with E-state index in [0.29, 0.717) is 20.9 Å². The van der Waals surface area contributed by atoms with E-state index in [1.54, 1.807) is 35.7 Å². The number of thiophene rings is 1. The monoisotopic (exact) mass is 347 g/mol. The number of hydrazone groups is 1. The van der Waals surface area contributed by atoms with Crippen molar-refractivity contribution >= 4 is 45.6 Å². The number of carbonyl (C=O) groups excluding carboxylic acids is 1. The lowest BCUT2D eigenvalue weighted by molar-refractivity contribution is 0.0959. The van der Waals surface area contributed by atoms with E-state index in [1.807, 2.05) is 0 Å². The number of halogens is 1. The molecule has 3 rings (SSSR count). The van der Waals surface area contributed by atoms with Gasteiger partial charge in [-0.2, -0.15) is 5.10 Å². The predicted molar refractivity (Wildman–Crippen MR) is 90.0 cm³/mol. The highest BCUT2D eigenvalue weighted by atomic mass is 35.5. The Labute approximate surface area is 139 Å². The van der Waals surface area contributed by atoms with Crippen LogP contribution >= 0.6 is 22.9 Å². The molecule has 0 unspecified atom stereocenters. The fraction of sp³-hybridized carbons (Fsp3) is 0. The highest BCUT2D eigenvalue weighted by Crippen LogP contribution is 2.18. The SMILES string of the molecule is N/C(=N/NC(=O)c1cccs1)c1cc2cc(Cl)ccc2oc1=O. The molecule has 0 radical (unpaired) electrons. The van der Waals surface area contributed by atoms with Crippen LogP contribution in [0.4, 0.5) is 0 Å². The number of benzene rings is 1.